The molecule has 1 aliphatic rings. The summed E-state index contributed by atoms with van der Waals surface area (Å²) in [6, 6.07) is 17.2. The normalized spacial score (nSPS) is 19.3. The minimum absolute atomic E-state index is 0.142. The molecule has 5 nitrogen and oxygen atoms in total. The van der Waals surface area contributed by atoms with Crippen LogP contribution in [0.25, 0.3) is 11.1 Å². The number of hydrogen-bond acceptors (Lipinski definition) is 4. The molecule has 0 aromatic heterocycles. The molecule has 1 aliphatic heterocycles. The van der Waals surface area contributed by atoms with E-state index >= 15 is 0 Å². The average molecular weight is 353 g/mol. The van der Waals surface area contributed by atoms with Crippen molar-refractivity contribution in [1.82, 2.24) is 5.32 Å². The summed E-state index contributed by atoms with van der Waals surface area (Å²) in [5.74, 6) is -0.422. The number of alkyl carbamates (subject to hydrolysis) is 1. The number of hydrogen-bond donors (Lipinski definition) is 1. The number of benzene rings is 2. The molecule has 2 aromatic rings. The van der Waals surface area contributed by atoms with Crippen molar-refractivity contribution in [1.29, 1.82) is 0 Å². The van der Waals surface area contributed by atoms with Gasteiger partial charge in [0, 0.05) is 5.41 Å². The monoisotopic (exact) mass is 353 g/mol. The van der Waals surface area contributed by atoms with Crippen LogP contribution in [0.5, 0.6) is 0 Å². The van der Waals surface area contributed by atoms with Crippen LogP contribution in [0.1, 0.15) is 26.3 Å². The highest BCUT2D eigenvalue weighted by Crippen LogP contribution is 2.32. The fourth-order valence-corrected chi connectivity index (χ4v) is 2.87. The number of ether oxygens (including phenoxy) is 2. The number of esters is 1. The molecule has 0 bridgehead atoms. The maximum atomic E-state index is 12.0. The van der Waals surface area contributed by atoms with E-state index in [4.69, 9.17) is 9.47 Å². The van der Waals surface area contributed by atoms with Crippen molar-refractivity contribution in [3.63, 3.8) is 0 Å². The van der Waals surface area contributed by atoms with Crippen molar-refractivity contribution in [3.05, 3.63) is 60.2 Å². The zero-order valence-electron chi connectivity index (χ0n) is 15.2. The van der Waals surface area contributed by atoms with E-state index in [0.717, 1.165) is 16.7 Å². The molecule has 3 rings (SSSR count). The maximum absolute atomic E-state index is 12.0. The molecule has 1 heterocycles. The van der Waals surface area contributed by atoms with Gasteiger partial charge in [0.2, 0.25) is 0 Å². The first-order valence-electron chi connectivity index (χ1n) is 8.63. The zero-order valence-corrected chi connectivity index (χ0v) is 15.2. The van der Waals surface area contributed by atoms with E-state index in [1.54, 1.807) is 0 Å². The number of amides is 1. The summed E-state index contributed by atoms with van der Waals surface area (Å²) in [7, 11) is 0. The van der Waals surface area contributed by atoms with Crippen LogP contribution in [0.3, 0.4) is 0 Å². The molecule has 136 valence electrons. The Morgan fingerprint density at radius 2 is 1.65 bits per heavy atom. The lowest BCUT2D eigenvalue weighted by molar-refractivity contribution is -0.188. The summed E-state index contributed by atoms with van der Waals surface area (Å²) in [6.07, 6.45) is -0.958. The minimum atomic E-state index is -0.650. The molecule has 1 N–H and O–H groups in total. The van der Waals surface area contributed by atoms with E-state index in [9.17, 15) is 9.59 Å². The van der Waals surface area contributed by atoms with Crippen molar-refractivity contribution < 1.29 is 19.1 Å². The third-order valence-electron chi connectivity index (χ3n) is 4.36. The van der Waals surface area contributed by atoms with Crippen molar-refractivity contribution in [3.8, 4) is 11.1 Å². The van der Waals surface area contributed by atoms with Gasteiger partial charge in [-0.15, -0.1) is 0 Å². The first-order chi connectivity index (χ1) is 12.3. The van der Waals surface area contributed by atoms with Crippen LogP contribution in [-0.2, 0) is 20.9 Å². The van der Waals surface area contributed by atoms with Gasteiger partial charge in [0.05, 0.1) is 0 Å². The average Bonchev–Trinajstić information content (AvgIpc) is 2.62. The molecular formula is C21H23NO4. The van der Waals surface area contributed by atoms with Gasteiger partial charge in [-0.3, -0.25) is 0 Å². The van der Waals surface area contributed by atoms with Gasteiger partial charge in [-0.05, 0) is 16.7 Å². The third kappa shape index (κ3) is 4.04. The van der Waals surface area contributed by atoms with Gasteiger partial charge in [-0.2, -0.15) is 0 Å². The van der Waals surface area contributed by atoms with E-state index in [1.807, 2.05) is 75.4 Å². The van der Waals surface area contributed by atoms with Gasteiger partial charge in [0.15, 0.2) is 6.04 Å². The predicted octanol–water partition coefficient (Wildman–Crippen LogP) is 3.92. The highest BCUT2D eigenvalue weighted by atomic mass is 16.6. The first kappa shape index (κ1) is 18.0. The van der Waals surface area contributed by atoms with Gasteiger partial charge >= 0.3 is 12.1 Å². The van der Waals surface area contributed by atoms with Crippen molar-refractivity contribution >= 4 is 12.1 Å². The lowest BCUT2D eigenvalue weighted by atomic mass is 9.81. The van der Waals surface area contributed by atoms with Gasteiger partial charge in [0.1, 0.15) is 12.7 Å². The number of cyclic esters (lactones) is 1. The van der Waals surface area contributed by atoms with E-state index in [1.165, 1.54) is 0 Å². The zero-order chi connectivity index (χ0) is 18.7. The van der Waals surface area contributed by atoms with Crippen LogP contribution >= 0.6 is 0 Å². The Morgan fingerprint density at radius 1 is 1.04 bits per heavy atom. The summed E-state index contributed by atoms with van der Waals surface area (Å²) in [5.41, 5.74) is 2.88. The van der Waals surface area contributed by atoms with Crippen molar-refractivity contribution in [2.24, 2.45) is 5.41 Å². The van der Waals surface area contributed by atoms with Crippen molar-refractivity contribution in [2.75, 3.05) is 0 Å². The Labute approximate surface area is 153 Å². The fourth-order valence-electron chi connectivity index (χ4n) is 2.87. The Morgan fingerprint density at radius 3 is 2.23 bits per heavy atom. The second-order valence-corrected chi connectivity index (χ2v) is 7.48. The first-order valence-corrected chi connectivity index (χ1v) is 8.63. The number of rotatable bonds is 4. The fraction of sp³-hybridized carbons (Fsp3) is 0.333. The topological polar surface area (TPSA) is 64.6 Å². The number of carbonyl (C=O) groups excluding carboxylic acids is 2. The minimum Gasteiger partial charge on any atom is -0.457 e. The maximum Gasteiger partial charge on any atom is 0.408 e. The summed E-state index contributed by atoms with van der Waals surface area (Å²) in [4.78, 5) is 23.6. The molecule has 0 radical (unpaired) electrons. The molecule has 0 spiro atoms. The van der Waals surface area contributed by atoms with E-state index in [-0.39, 0.29) is 18.1 Å². The lowest BCUT2D eigenvalue weighted by Gasteiger charge is -2.42. The van der Waals surface area contributed by atoms with Gasteiger partial charge in [0.25, 0.3) is 0 Å². The van der Waals surface area contributed by atoms with E-state index in [0.29, 0.717) is 0 Å². The lowest BCUT2D eigenvalue weighted by Crippen LogP contribution is -2.64. The van der Waals surface area contributed by atoms with Crippen LogP contribution in [0.4, 0.5) is 4.79 Å². The Kier molecular flexibility index (Phi) is 4.98. The van der Waals surface area contributed by atoms with Crippen LogP contribution < -0.4 is 5.32 Å². The highest BCUT2D eigenvalue weighted by molar-refractivity contribution is 5.86. The van der Waals surface area contributed by atoms with Crippen LogP contribution in [0, 0.1) is 5.41 Å². The SMILES string of the molecule is CC(C)(C)[C@H]1OC(=O)[C@@H]1NC(=O)OCc1ccc(-c2ccccc2)cc1. The molecule has 2 aromatic carbocycles. The van der Waals surface area contributed by atoms with Crippen LogP contribution in [0.15, 0.2) is 54.6 Å². The summed E-state index contributed by atoms with van der Waals surface area (Å²) in [5, 5.41) is 2.59. The number of nitrogens with one attached hydrogen (secondary N) is 1. The highest BCUT2D eigenvalue weighted by Gasteiger charge is 2.50. The summed E-state index contributed by atoms with van der Waals surface area (Å²) >= 11 is 0. The molecule has 5 heteroatoms. The molecule has 0 saturated carbocycles. The van der Waals surface area contributed by atoms with Crippen LogP contribution in [0.2, 0.25) is 0 Å². The molecule has 1 amide bonds. The van der Waals surface area contributed by atoms with E-state index in [2.05, 4.69) is 5.32 Å². The quantitative estimate of drug-likeness (QED) is 0.846. The molecule has 1 saturated heterocycles. The van der Waals surface area contributed by atoms with Crippen molar-refractivity contribution in [2.45, 2.75) is 39.5 Å². The number of carbonyl (C=O) groups is 2. The third-order valence-corrected chi connectivity index (χ3v) is 4.36. The molecule has 2 atom stereocenters. The predicted molar refractivity (Wildman–Crippen MR) is 98.3 cm³/mol. The Bertz CT molecular complexity index is 778. The molecule has 1 fully saturated rings. The second kappa shape index (κ2) is 7.20. The largest absolute Gasteiger partial charge is 0.457 e. The summed E-state index contributed by atoms with van der Waals surface area (Å²) in [6.45, 7) is 6.01. The standard InChI is InChI=1S/C21H23NO4/c1-21(2,3)18-17(19(23)26-18)22-20(24)25-13-14-9-11-16(12-10-14)15-7-5-4-6-8-15/h4-12,17-18H,13H2,1-3H3,(H,22,24)/t17-,18+/m1/s1. The summed E-state index contributed by atoms with van der Waals surface area (Å²) < 4.78 is 10.4. The smallest absolute Gasteiger partial charge is 0.408 e. The van der Waals surface area contributed by atoms with E-state index < -0.39 is 18.1 Å². The Hall–Kier alpha value is -2.82. The van der Waals surface area contributed by atoms with Crippen LogP contribution in [-0.4, -0.2) is 24.2 Å². The van der Waals surface area contributed by atoms with Gasteiger partial charge in [-0.1, -0.05) is 75.4 Å². The molecular weight excluding hydrogens is 330 g/mol. The molecule has 0 aliphatic carbocycles. The van der Waals surface area contributed by atoms with Gasteiger partial charge < -0.3 is 14.8 Å². The molecule has 26 heavy (non-hydrogen) atoms. The Balaban J connectivity index is 1.53. The second-order valence-electron chi connectivity index (χ2n) is 7.48. The molecule has 0 unspecified atom stereocenters. The van der Waals surface area contributed by atoms with Gasteiger partial charge in [-0.25, -0.2) is 9.59 Å².